The summed E-state index contributed by atoms with van der Waals surface area (Å²) in [6.07, 6.45) is 86.9. The molecule has 6 heteroatoms. The third kappa shape index (κ3) is 55.1. The van der Waals surface area contributed by atoms with Gasteiger partial charge in [0.05, 0.1) is 0 Å². The molecule has 1 atom stereocenters. The number of carbonyl (C=O) groups is 3. The lowest BCUT2D eigenvalue weighted by Crippen LogP contribution is -2.30. The topological polar surface area (TPSA) is 78.9 Å². The first-order valence-electron chi connectivity index (χ1n) is 27.1. The van der Waals surface area contributed by atoms with Gasteiger partial charge in [-0.1, -0.05) is 254 Å². The Bertz CT molecular complexity index is 1780. The average molecular weight is 971 g/mol. The Morgan fingerprint density at radius 1 is 0.296 bits per heavy atom. The largest absolute Gasteiger partial charge is 0.462 e. The van der Waals surface area contributed by atoms with Gasteiger partial charge in [0.1, 0.15) is 13.2 Å². The van der Waals surface area contributed by atoms with Gasteiger partial charge >= 0.3 is 17.9 Å². The maximum Gasteiger partial charge on any atom is 0.306 e. The van der Waals surface area contributed by atoms with Gasteiger partial charge in [-0.25, -0.2) is 0 Å². The zero-order valence-corrected chi connectivity index (χ0v) is 44.4. The zero-order chi connectivity index (χ0) is 51.4. The molecule has 0 rings (SSSR count). The Balaban J connectivity index is 4.65. The summed E-state index contributed by atoms with van der Waals surface area (Å²) in [5.41, 5.74) is 0. The first kappa shape index (κ1) is 65.2. The molecule has 0 aromatic rings. The number of hydrogen-bond acceptors (Lipinski definition) is 6. The molecule has 0 radical (unpaired) electrons. The van der Waals surface area contributed by atoms with Crippen molar-refractivity contribution in [2.24, 2.45) is 0 Å². The Morgan fingerprint density at radius 2 is 0.577 bits per heavy atom. The average Bonchev–Trinajstić information content (AvgIpc) is 3.37. The number of rotatable bonds is 45. The van der Waals surface area contributed by atoms with E-state index in [2.05, 4.69) is 93.7 Å². The molecule has 0 aliphatic carbocycles. The van der Waals surface area contributed by atoms with Crippen LogP contribution < -0.4 is 0 Å². The van der Waals surface area contributed by atoms with E-state index in [1.54, 1.807) is 0 Å². The molecule has 0 aliphatic rings. The third-order valence-corrected chi connectivity index (χ3v) is 10.4. The van der Waals surface area contributed by atoms with E-state index in [9.17, 15) is 14.4 Å². The minimum absolute atomic E-state index is 0.131. The molecule has 6 nitrogen and oxygen atoms in total. The van der Waals surface area contributed by atoms with E-state index in [4.69, 9.17) is 14.2 Å². The second-order valence-corrected chi connectivity index (χ2v) is 16.9. The number of esters is 3. The van der Waals surface area contributed by atoms with Crippen LogP contribution in [0.25, 0.3) is 0 Å². The van der Waals surface area contributed by atoms with Crippen LogP contribution in [0.4, 0.5) is 0 Å². The van der Waals surface area contributed by atoms with Gasteiger partial charge in [0, 0.05) is 19.3 Å². The zero-order valence-electron chi connectivity index (χ0n) is 44.4. The van der Waals surface area contributed by atoms with Crippen LogP contribution >= 0.6 is 0 Å². The molecule has 0 aromatic carbocycles. The molecular formula is C65H94O6. The minimum Gasteiger partial charge on any atom is -0.462 e. The number of hydrogen-bond donors (Lipinski definition) is 0. The van der Waals surface area contributed by atoms with Crippen LogP contribution in [-0.4, -0.2) is 37.2 Å². The van der Waals surface area contributed by atoms with Gasteiger partial charge in [-0.2, -0.15) is 0 Å². The Morgan fingerprint density at radius 3 is 0.972 bits per heavy atom. The maximum absolute atomic E-state index is 12.8. The van der Waals surface area contributed by atoms with Crippen LogP contribution in [-0.2, 0) is 28.6 Å². The van der Waals surface area contributed by atoms with Gasteiger partial charge in [-0.3, -0.25) is 14.4 Å². The molecule has 390 valence electrons. The molecule has 0 fully saturated rings. The highest BCUT2D eigenvalue weighted by molar-refractivity contribution is 5.71. The van der Waals surface area contributed by atoms with Crippen LogP contribution in [0.3, 0.4) is 0 Å². The predicted octanol–water partition coefficient (Wildman–Crippen LogP) is 18.3. The fourth-order valence-corrected chi connectivity index (χ4v) is 6.44. The molecule has 0 aliphatic heterocycles. The van der Waals surface area contributed by atoms with Gasteiger partial charge in [0.2, 0.25) is 0 Å². The van der Waals surface area contributed by atoms with E-state index in [1.165, 1.54) is 12.8 Å². The van der Waals surface area contributed by atoms with Crippen LogP contribution in [0.5, 0.6) is 0 Å². The van der Waals surface area contributed by atoms with E-state index >= 15 is 0 Å². The first-order chi connectivity index (χ1) is 35.0. The van der Waals surface area contributed by atoms with Crippen molar-refractivity contribution in [3.05, 3.63) is 194 Å². The van der Waals surface area contributed by atoms with Crippen LogP contribution in [0, 0.1) is 0 Å². The van der Waals surface area contributed by atoms with Crippen LogP contribution in [0.1, 0.15) is 175 Å². The van der Waals surface area contributed by atoms with Gasteiger partial charge < -0.3 is 14.2 Å². The highest BCUT2D eigenvalue weighted by atomic mass is 16.6. The Labute approximate surface area is 433 Å². The third-order valence-electron chi connectivity index (χ3n) is 10.4. The summed E-state index contributed by atoms with van der Waals surface area (Å²) in [6, 6.07) is 0. The second-order valence-electron chi connectivity index (χ2n) is 16.9. The highest BCUT2D eigenvalue weighted by Crippen LogP contribution is 2.12. The molecule has 0 spiro atoms. The summed E-state index contributed by atoms with van der Waals surface area (Å²) >= 11 is 0. The van der Waals surface area contributed by atoms with Crippen molar-refractivity contribution in [2.45, 2.75) is 181 Å². The van der Waals surface area contributed by atoms with E-state index in [1.807, 2.05) is 122 Å². The molecule has 0 bridgehead atoms. The van der Waals surface area contributed by atoms with Gasteiger partial charge in [-0.15, -0.1) is 0 Å². The standard InChI is InChI=1S/C65H94O6/c1-4-7-10-13-16-19-22-25-28-31-32-35-37-40-43-46-49-52-55-58-64(67)70-61-62(71-65(68)59-56-53-50-47-44-41-38-34-30-27-24-21-18-15-12-9-6-3)60-69-63(66)57-54-51-48-45-42-39-36-33-29-26-23-20-17-14-11-8-5-2/h7-12,14-21,23-30,32-36,38-39,41-42,44,62H,4-6,13,22,31,37,40,43,45-61H2,1-3H3/b10-7-,11-8-,12-9-,17-14-,18-15-,19-16-,23-20-,24-21-,28-25-,29-26-,30-27-,35-32-,36-33+,38-34+,42-39-,44-41-. The van der Waals surface area contributed by atoms with E-state index in [-0.39, 0.29) is 44.0 Å². The Kier molecular flexibility index (Phi) is 52.2. The minimum atomic E-state index is -0.840. The van der Waals surface area contributed by atoms with Crippen molar-refractivity contribution in [1.82, 2.24) is 0 Å². The molecule has 71 heavy (non-hydrogen) atoms. The second kappa shape index (κ2) is 56.8. The lowest BCUT2D eigenvalue weighted by Gasteiger charge is -2.18. The van der Waals surface area contributed by atoms with Crippen molar-refractivity contribution < 1.29 is 28.6 Å². The number of allylic oxidation sites excluding steroid dienone is 32. The quantitative estimate of drug-likeness (QED) is 0.0199. The number of carbonyl (C=O) groups excluding carboxylic acids is 3. The normalized spacial score (nSPS) is 13.7. The van der Waals surface area contributed by atoms with Gasteiger partial charge in [0.15, 0.2) is 6.10 Å². The molecule has 0 saturated heterocycles. The SMILES string of the molecule is CC\C=C/C=C\C=C/C=C\C=C\C=C/CCCCCC(=O)OCC(COC(=O)CCCCCCCC/C=C\C/C=C\C/C=C\C/C=C\CC)OC(=O)CCCCC\C=C/C=C/C=C\C=C/C=C\C=C/CC. The van der Waals surface area contributed by atoms with Gasteiger partial charge in [0.25, 0.3) is 0 Å². The van der Waals surface area contributed by atoms with Gasteiger partial charge in [-0.05, 0) is 96.3 Å². The fourth-order valence-electron chi connectivity index (χ4n) is 6.44. The summed E-state index contributed by atoms with van der Waals surface area (Å²) in [5, 5.41) is 0. The number of ether oxygens (including phenoxy) is 3. The highest BCUT2D eigenvalue weighted by Gasteiger charge is 2.19. The van der Waals surface area contributed by atoms with E-state index < -0.39 is 6.10 Å². The van der Waals surface area contributed by atoms with Crippen molar-refractivity contribution in [3.8, 4) is 0 Å². The summed E-state index contributed by atoms with van der Waals surface area (Å²) in [7, 11) is 0. The number of unbranched alkanes of at least 4 members (excludes halogenated alkanes) is 12. The Hall–Kier alpha value is -5.75. The summed E-state index contributed by atoms with van der Waals surface area (Å²) in [4.78, 5) is 38.1. The lowest BCUT2D eigenvalue weighted by molar-refractivity contribution is -0.167. The van der Waals surface area contributed by atoms with Crippen molar-refractivity contribution in [2.75, 3.05) is 13.2 Å². The van der Waals surface area contributed by atoms with E-state index in [0.717, 1.165) is 109 Å². The molecule has 1 unspecified atom stereocenters. The molecule has 0 aromatic heterocycles. The lowest BCUT2D eigenvalue weighted by atomic mass is 10.1. The smallest absolute Gasteiger partial charge is 0.306 e. The van der Waals surface area contributed by atoms with Crippen molar-refractivity contribution >= 4 is 17.9 Å². The molecule has 0 saturated carbocycles. The van der Waals surface area contributed by atoms with Crippen molar-refractivity contribution in [1.29, 1.82) is 0 Å². The summed E-state index contributed by atoms with van der Waals surface area (Å²) < 4.78 is 16.8. The molecule has 0 amide bonds. The molecular weight excluding hydrogens is 877 g/mol. The predicted molar refractivity (Wildman–Crippen MR) is 306 cm³/mol. The molecule has 0 N–H and O–H groups in total. The van der Waals surface area contributed by atoms with Crippen molar-refractivity contribution in [3.63, 3.8) is 0 Å². The van der Waals surface area contributed by atoms with Crippen LogP contribution in [0.2, 0.25) is 0 Å². The monoisotopic (exact) mass is 971 g/mol. The first-order valence-corrected chi connectivity index (χ1v) is 27.1. The molecule has 0 heterocycles. The maximum atomic E-state index is 12.8. The van der Waals surface area contributed by atoms with E-state index in [0.29, 0.717) is 19.3 Å². The summed E-state index contributed by atoms with van der Waals surface area (Å²) in [5.74, 6) is -1.05. The van der Waals surface area contributed by atoms with Crippen LogP contribution in [0.15, 0.2) is 194 Å². The summed E-state index contributed by atoms with van der Waals surface area (Å²) in [6.45, 7) is 6.11. The fraction of sp³-hybridized carbons (Fsp3) is 0.462.